The zero-order valence-corrected chi connectivity index (χ0v) is 14.3. The fourth-order valence-electron chi connectivity index (χ4n) is 3.41. The van der Waals surface area contributed by atoms with Crippen LogP contribution in [0.4, 0.5) is 0 Å². The summed E-state index contributed by atoms with van der Waals surface area (Å²) in [6, 6.07) is 14.6. The standard InChI is InChI=1S/C20H17ClN2O2/c21-15-11-9-14(10-12-15)13-22-19(24)17-7-3-4-8-18(17)23(20(22)25)16-5-1-2-6-16/h1-4,7-12,16H,5-6,13H2. The van der Waals surface area contributed by atoms with Crippen LogP contribution in [0.1, 0.15) is 24.4 Å². The number of hydrogen-bond donors (Lipinski definition) is 0. The molecule has 0 aliphatic heterocycles. The summed E-state index contributed by atoms with van der Waals surface area (Å²) in [6.45, 7) is 0.236. The normalized spacial score (nSPS) is 14.4. The third-order valence-electron chi connectivity index (χ3n) is 4.68. The number of aromatic nitrogens is 2. The second-order valence-corrected chi connectivity index (χ2v) is 6.72. The fourth-order valence-corrected chi connectivity index (χ4v) is 3.53. The van der Waals surface area contributed by atoms with E-state index in [1.807, 2.05) is 30.3 Å². The molecule has 1 heterocycles. The maximum atomic E-state index is 13.1. The highest BCUT2D eigenvalue weighted by atomic mass is 35.5. The van der Waals surface area contributed by atoms with Gasteiger partial charge < -0.3 is 0 Å². The van der Waals surface area contributed by atoms with Crippen LogP contribution in [0.15, 0.2) is 70.3 Å². The molecule has 126 valence electrons. The van der Waals surface area contributed by atoms with Gasteiger partial charge in [-0.25, -0.2) is 4.79 Å². The molecule has 0 amide bonds. The van der Waals surface area contributed by atoms with Gasteiger partial charge in [0.05, 0.1) is 17.4 Å². The first kappa shape index (κ1) is 15.9. The minimum Gasteiger partial charge on any atom is -0.289 e. The highest BCUT2D eigenvalue weighted by Gasteiger charge is 2.20. The van der Waals surface area contributed by atoms with E-state index in [0.717, 1.165) is 18.4 Å². The van der Waals surface area contributed by atoms with Gasteiger partial charge in [0.1, 0.15) is 0 Å². The third-order valence-corrected chi connectivity index (χ3v) is 4.93. The van der Waals surface area contributed by atoms with Crippen LogP contribution in [0, 0.1) is 0 Å². The lowest BCUT2D eigenvalue weighted by Crippen LogP contribution is -2.41. The molecule has 0 N–H and O–H groups in total. The highest BCUT2D eigenvalue weighted by molar-refractivity contribution is 6.30. The van der Waals surface area contributed by atoms with Crippen molar-refractivity contribution in [2.24, 2.45) is 0 Å². The van der Waals surface area contributed by atoms with Crippen LogP contribution in [-0.2, 0) is 6.54 Å². The van der Waals surface area contributed by atoms with Gasteiger partial charge in [0.15, 0.2) is 0 Å². The molecule has 2 aromatic carbocycles. The summed E-state index contributed by atoms with van der Waals surface area (Å²) in [6.07, 6.45) is 5.78. The number of para-hydroxylation sites is 1. The molecule has 1 aromatic heterocycles. The molecule has 0 atom stereocenters. The summed E-state index contributed by atoms with van der Waals surface area (Å²) in [5.74, 6) is 0. The Labute approximate surface area is 149 Å². The Bertz CT molecular complexity index is 1070. The molecule has 25 heavy (non-hydrogen) atoms. The van der Waals surface area contributed by atoms with Crippen LogP contribution in [-0.4, -0.2) is 9.13 Å². The van der Waals surface area contributed by atoms with E-state index in [9.17, 15) is 9.59 Å². The summed E-state index contributed by atoms with van der Waals surface area (Å²) in [5, 5.41) is 1.20. The number of halogens is 1. The van der Waals surface area contributed by atoms with Crippen molar-refractivity contribution in [1.82, 2.24) is 9.13 Å². The number of fused-ring (bicyclic) bond motifs is 1. The first-order valence-electron chi connectivity index (χ1n) is 8.28. The summed E-state index contributed by atoms with van der Waals surface area (Å²) in [7, 11) is 0. The zero-order valence-electron chi connectivity index (χ0n) is 13.6. The van der Waals surface area contributed by atoms with E-state index in [1.54, 1.807) is 22.8 Å². The van der Waals surface area contributed by atoms with Gasteiger partial charge in [-0.2, -0.15) is 0 Å². The first-order valence-corrected chi connectivity index (χ1v) is 8.66. The molecule has 1 aliphatic carbocycles. The number of nitrogens with zero attached hydrogens (tertiary/aromatic N) is 2. The third kappa shape index (κ3) is 2.83. The van der Waals surface area contributed by atoms with Gasteiger partial charge in [0.2, 0.25) is 0 Å². The van der Waals surface area contributed by atoms with Crippen molar-refractivity contribution < 1.29 is 0 Å². The fraction of sp³-hybridized carbons (Fsp3) is 0.200. The summed E-state index contributed by atoms with van der Waals surface area (Å²) >= 11 is 5.93. The Balaban J connectivity index is 1.93. The Hall–Kier alpha value is -2.59. The SMILES string of the molecule is O=c1c2ccccc2n(C2CC=CC2)c(=O)n1Cc1ccc(Cl)cc1. The van der Waals surface area contributed by atoms with Crippen molar-refractivity contribution >= 4 is 22.5 Å². The van der Waals surface area contributed by atoms with Crippen LogP contribution < -0.4 is 11.2 Å². The molecule has 0 saturated carbocycles. The van der Waals surface area contributed by atoms with Gasteiger partial charge in [0, 0.05) is 11.1 Å². The monoisotopic (exact) mass is 352 g/mol. The lowest BCUT2D eigenvalue weighted by atomic mass is 10.1. The average Bonchev–Trinajstić information content (AvgIpc) is 3.15. The lowest BCUT2D eigenvalue weighted by Gasteiger charge is -2.19. The Morgan fingerprint density at radius 2 is 1.64 bits per heavy atom. The summed E-state index contributed by atoms with van der Waals surface area (Å²) in [4.78, 5) is 26.0. The van der Waals surface area contributed by atoms with Gasteiger partial charge in [0.25, 0.3) is 5.56 Å². The Kier molecular flexibility index (Phi) is 4.06. The molecule has 5 heteroatoms. The minimum atomic E-state index is -0.257. The zero-order chi connectivity index (χ0) is 17.4. The van der Waals surface area contributed by atoms with Crippen LogP contribution in [0.5, 0.6) is 0 Å². The molecule has 0 bridgehead atoms. The van der Waals surface area contributed by atoms with E-state index in [4.69, 9.17) is 11.6 Å². The molecule has 0 radical (unpaired) electrons. The van der Waals surface area contributed by atoms with E-state index in [2.05, 4.69) is 12.2 Å². The van der Waals surface area contributed by atoms with Crippen molar-refractivity contribution in [3.63, 3.8) is 0 Å². The molecule has 0 unspecified atom stereocenters. The molecule has 0 spiro atoms. The summed E-state index contributed by atoms with van der Waals surface area (Å²) in [5.41, 5.74) is 1.07. The molecule has 3 aromatic rings. The molecule has 4 rings (SSSR count). The average molecular weight is 353 g/mol. The van der Waals surface area contributed by atoms with E-state index in [-0.39, 0.29) is 23.8 Å². The molecular formula is C20H17ClN2O2. The quantitative estimate of drug-likeness (QED) is 0.674. The molecular weight excluding hydrogens is 336 g/mol. The lowest BCUT2D eigenvalue weighted by molar-refractivity contribution is 0.499. The number of benzene rings is 2. The van der Waals surface area contributed by atoms with Crippen LogP contribution >= 0.6 is 11.6 Å². The van der Waals surface area contributed by atoms with Crippen molar-refractivity contribution in [3.8, 4) is 0 Å². The van der Waals surface area contributed by atoms with Crippen molar-refractivity contribution in [3.05, 3.63) is 92.1 Å². The molecule has 1 aliphatic rings. The van der Waals surface area contributed by atoms with Gasteiger partial charge in [-0.05, 0) is 42.7 Å². The van der Waals surface area contributed by atoms with Gasteiger partial charge >= 0.3 is 5.69 Å². The van der Waals surface area contributed by atoms with Gasteiger partial charge in [-0.3, -0.25) is 13.9 Å². The molecule has 0 fully saturated rings. The van der Waals surface area contributed by atoms with Crippen LogP contribution in [0.3, 0.4) is 0 Å². The van der Waals surface area contributed by atoms with Gasteiger partial charge in [-0.1, -0.05) is 48.0 Å². The minimum absolute atomic E-state index is 0.0643. The number of allylic oxidation sites excluding steroid dienone is 2. The Morgan fingerprint density at radius 3 is 2.36 bits per heavy atom. The van der Waals surface area contributed by atoms with Crippen molar-refractivity contribution in [1.29, 1.82) is 0 Å². The maximum absolute atomic E-state index is 13.1. The predicted molar refractivity (Wildman–Crippen MR) is 100 cm³/mol. The van der Waals surface area contributed by atoms with Gasteiger partial charge in [-0.15, -0.1) is 0 Å². The largest absolute Gasteiger partial charge is 0.332 e. The van der Waals surface area contributed by atoms with Crippen LogP contribution in [0.2, 0.25) is 5.02 Å². The molecule has 4 nitrogen and oxygen atoms in total. The number of hydrogen-bond acceptors (Lipinski definition) is 2. The smallest absolute Gasteiger partial charge is 0.289 e. The second kappa shape index (κ2) is 6.37. The first-order chi connectivity index (χ1) is 12.1. The van der Waals surface area contributed by atoms with E-state index in [1.165, 1.54) is 4.57 Å². The molecule has 0 saturated heterocycles. The highest BCUT2D eigenvalue weighted by Crippen LogP contribution is 2.25. The van der Waals surface area contributed by atoms with Crippen molar-refractivity contribution in [2.45, 2.75) is 25.4 Å². The van der Waals surface area contributed by atoms with Crippen molar-refractivity contribution in [2.75, 3.05) is 0 Å². The topological polar surface area (TPSA) is 44.0 Å². The maximum Gasteiger partial charge on any atom is 0.332 e. The predicted octanol–water partition coefficient (Wildman–Crippen LogP) is 3.76. The summed E-state index contributed by atoms with van der Waals surface area (Å²) < 4.78 is 3.09. The van der Waals surface area contributed by atoms with E-state index >= 15 is 0 Å². The second-order valence-electron chi connectivity index (χ2n) is 6.28. The number of rotatable bonds is 3. The van der Waals surface area contributed by atoms with Crippen LogP contribution in [0.25, 0.3) is 10.9 Å². The Morgan fingerprint density at radius 1 is 0.960 bits per heavy atom. The van der Waals surface area contributed by atoms with E-state index < -0.39 is 0 Å². The van der Waals surface area contributed by atoms with E-state index in [0.29, 0.717) is 15.9 Å².